The molecule has 30 heavy (non-hydrogen) atoms. The lowest BCUT2D eigenvalue weighted by molar-refractivity contribution is 0.0623. The van der Waals surface area contributed by atoms with Crippen LogP contribution in [0.4, 0.5) is 0 Å². The van der Waals surface area contributed by atoms with Crippen molar-refractivity contribution in [1.29, 1.82) is 0 Å². The quantitative estimate of drug-likeness (QED) is 0.621. The van der Waals surface area contributed by atoms with Crippen LogP contribution in [0.25, 0.3) is 0 Å². The average molecular weight is 419 g/mol. The Morgan fingerprint density at radius 3 is 2.47 bits per heavy atom. The molecule has 1 fully saturated rings. The summed E-state index contributed by atoms with van der Waals surface area (Å²) in [5.41, 5.74) is 4.25. The summed E-state index contributed by atoms with van der Waals surface area (Å²) in [5.74, 6) is 0.0620. The van der Waals surface area contributed by atoms with Crippen LogP contribution in [-0.2, 0) is 6.54 Å². The molecule has 6 heteroatoms. The molecular formula is C24H26N4OS. The van der Waals surface area contributed by atoms with E-state index in [-0.39, 0.29) is 5.91 Å². The Morgan fingerprint density at radius 1 is 0.933 bits per heavy atom. The predicted molar refractivity (Wildman–Crippen MR) is 120 cm³/mol. The molecule has 0 N–H and O–H groups in total. The molecule has 0 spiro atoms. The van der Waals surface area contributed by atoms with Gasteiger partial charge in [0.15, 0.2) is 0 Å². The zero-order valence-electron chi connectivity index (χ0n) is 17.4. The topological polar surface area (TPSA) is 49.3 Å². The molecule has 4 rings (SSSR count). The second kappa shape index (κ2) is 9.41. The minimum absolute atomic E-state index is 0.0620. The minimum Gasteiger partial charge on any atom is -0.336 e. The lowest BCUT2D eigenvalue weighted by Crippen LogP contribution is -2.48. The van der Waals surface area contributed by atoms with Gasteiger partial charge in [-0.15, -0.1) is 0 Å². The Kier molecular flexibility index (Phi) is 6.45. The lowest BCUT2D eigenvalue weighted by Gasteiger charge is -2.34. The van der Waals surface area contributed by atoms with Crippen LogP contribution in [0.3, 0.4) is 0 Å². The number of hydrogen-bond donors (Lipinski definition) is 0. The molecule has 0 radical (unpaired) electrons. The number of amides is 1. The van der Waals surface area contributed by atoms with E-state index < -0.39 is 0 Å². The van der Waals surface area contributed by atoms with E-state index in [9.17, 15) is 4.79 Å². The molecule has 0 atom stereocenters. The molecule has 3 heterocycles. The van der Waals surface area contributed by atoms with Gasteiger partial charge in [-0.2, -0.15) is 0 Å². The molecule has 1 saturated heterocycles. The molecule has 0 unspecified atom stereocenters. The van der Waals surface area contributed by atoms with Gasteiger partial charge in [0.1, 0.15) is 5.03 Å². The van der Waals surface area contributed by atoms with Crippen molar-refractivity contribution in [3.63, 3.8) is 0 Å². The number of benzene rings is 1. The van der Waals surface area contributed by atoms with Gasteiger partial charge in [0.05, 0.1) is 11.3 Å². The number of hydrogen-bond acceptors (Lipinski definition) is 5. The Balaban J connectivity index is 1.42. The van der Waals surface area contributed by atoms with Crippen molar-refractivity contribution in [3.8, 4) is 0 Å². The van der Waals surface area contributed by atoms with E-state index in [0.717, 1.165) is 35.2 Å². The molecule has 154 valence electrons. The fraction of sp³-hybridized carbons (Fsp3) is 0.292. The number of piperazine rings is 1. The third-order valence-electron chi connectivity index (χ3n) is 5.47. The van der Waals surface area contributed by atoms with Gasteiger partial charge in [0.2, 0.25) is 0 Å². The van der Waals surface area contributed by atoms with Crippen LogP contribution >= 0.6 is 11.8 Å². The van der Waals surface area contributed by atoms with E-state index in [2.05, 4.69) is 46.9 Å². The summed E-state index contributed by atoms with van der Waals surface area (Å²) in [6.45, 7) is 8.16. The Bertz CT molecular complexity index is 1020. The van der Waals surface area contributed by atoms with Crippen LogP contribution in [0.1, 0.15) is 27.2 Å². The zero-order chi connectivity index (χ0) is 20.9. The summed E-state index contributed by atoms with van der Waals surface area (Å²) in [6.07, 6.45) is 3.58. The number of nitrogens with zero attached hydrogens (tertiary/aromatic N) is 4. The van der Waals surface area contributed by atoms with Crippen LogP contribution in [-0.4, -0.2) is 51.9 Å². The average Bonchev–Trinajstić information content (AvgIpc) is 2.77. The molecule has 2 aromatic heterocycles. The predicted octanol–water partition coefficient (Wildman–Crippen LogP) is 4.20. The molecule has 3 aromatic rings. The van der Waals surface area contributed by atoms with Gasteiger partial charge in [0.25, 0.3) is 5.91 Å². The standard InChI is InChI=1S/C24H26N4OS/c1-18-8-9-21(16-19(18)2)30-23-22(7-5-11-26-23)24(29)28-14-12-27(13-15-28)17-20-6-3-4-10-25-20/h3-11,16H,12-15,17H2,1-2H3. The highest BCUT2D eigenvalue weighted by atomic mass is 32.2. The van der Waals surface area contributed by atoms with E-state index >= 15 is 0 Å². The van der Waals surface area contributed by atoms with E-state index in [1.54, 1.807) is 18.0 Å². The van der Waals surface area contributed by atoms with Gasteiger partial charge in [-0.05, 0) is 61.4 Å². The van der Waals surface area contributed by atoms with Crippen LogP contribution in [0.5, 0.6) is 0 Å². The molecule has 1 aliphatic rings. The van der Waals surface area contributed by atoms with Crippen molar-refractivity contribution in [2.45, 2.75) is 30.3 Å². The normalized spacial score (nSPS) is 14.7. The highest BCUT2D eigenvalue weighted by Crippen LogP contribution is 2.30. The number of carbonyl (C=O) groups is 1. The van der Waals surface area contributed by atoms with Crippen LogP contribution in [0.2, 0.25) is 0 Å². The van der Waals surface area contributed by atoms with Crippen LogP contribution in [0.15, 0.2) is 70.8 Å². The maximum atomic E-state index is 13.2. The third-order valence-corrected chi connectivity index (χ3v) is 6.47. The number of carbonyl (C=O) groups excluding carboxylic acids is 1. The van der Waals surface area contributed by atoms with E-state index in [4.69, 9.17) is 0 Å². The van der Waals surface area contributed by atoms with E-state index in [1.807, 2.05) is 41.4 Å². The zero-order valence-corrected chi connectivity index (χ0v) is 18.2. The fourth-order valence-corrected chi connectivity index (χ4v) is 4.50. The maximum absolute atomic E-state index is 13.2. The van der Waals surface area contributed by atoms with Gasteiger partial charge in [-0.1, -0.05) is 23.9 Å². The first kappa shape index (κ1) is 20.6. The number of aryl methyl sites for hydroxylation is 2. The first-order chi connectivity index (χ1) is 14.6. The second-order valence-electron chi connectivity index (χ2n) is 7.59. The minimum atomic E-state index is 0.0620. The monoisotopic (exact) mass is 418 g/mol. The van der Waals surface area contributed by atoms with Crippen molar-refractivity contribution in [3.05, 3.63) is 83.3 Å². The van der Waals surface area contributed by atoms with Crippen molar-refractivity contribution >= 4 is 17.7 Å². The third kappa shape index (κ3) is 4.89. The fourth-order valence-electron chi connectivity index (χ4n) is 3.52. The molecular weight excluding hydrogens is 392 g/mol. The van der Waals surface area contributed by atoms with Crippen molar-refractivity contribution < 1.29 is 4.79 Å². The van der Waals surface area contributed by atoms with Crippen LogP contribution in [0, 0.1) is 13.8 Å². The number of pyridine rings is 2. The molecule has 0 aliphatic carbocycles. The van der Waals surface area contributed by atoms with Crippen molar-refractivity contribution in [2.75, 3.05) is 26.2 Å². The van der Waals surface area contributed by atoms with Gasteiger partial charge >= 0.3 is 0 Å². The highest BCUT2D eigenvalue weighted by Gasteiger charge is 2.24. The second-order valence-corrected chi connectivity index (χ2v) is 8.66. The smallest absolute Gasteiger partial charge is 0.256 e. The van der Waals surface area contributed by atoms with Gasteiger partial charge in [-0.25, -0.2) is 4.98 Å². The highest BCUT2D eigenvalue weighted by molar-refractivity contribution is 7.99. The Hall–Kier alpha value is -2.70. The summed E-state index contributed by atoms with van der Waals surface area (Å²) < 4.78 is 0. The van der Waals surface area contributed by atoms with E-state index in [1.165, 1.54) is 11.1 Å². The number of aromatic nitrogens is 2. The van der Waals surface area contributed by atoms with E-state index in [0.29, 0.717) is 18.7 Å². The summed E-state index contributed by atoms with van der Waals surface area (Å²) >= 11 is 1.55. The SMILES string of the molecule is Cc1ccc(Sc2ncccc2C(=O)N2CCN(Cc3ccccn3)CC2)cc1C. The molecule has 0 bridgehead atoms. The van der Waals surface area contributed by atoms with Gasteiger partial charge in [-0.3, -0.25) is 14.7 Å². The summed E-state index contributed by atoms with van der Waals surface area (Å²) in [7, 11) is 0. The molecule has 1 aromatic carbocycles. The van der Waals surface area contributed by atoms with Gasteiger partial charge < -0.3 is 4.90 Å². The first-order valence-corrected chi connectivity index (χ1v) is 11.0. The molecule has 5 nitrogen and oxygen atoms in total. The molecule has 1 aliphatic heterocycles. The molecule has 0 saturated carbocycles. The summed E-state index contributed by atoms with van der Waals surface area (Å²) in [4.78, 5) is 27.5. The Labute approximate surface area is 182 Å². The van der Waals surface area contributed by atoms with Crippen molar-refractivity contribution in [1.82, 2.24) is 19.8 Å². The summed E-state index contributed by atoms with van der Waals surface area (Å²) in [6, 6.07) is 16.1. The number of rotatable bonds is 5. The largest absolute Gasteiger partial charge is 0.336 e. The first-order valence-electron chi connectivity index (χ1n) is 10.2. The van der Waals surface area contributed by atoms with Gasteiger partial charge in [0, 0.05) is 50.0 Å². The van der Waals surface area contributed by atoms with Crippen molar-refractivity contribution in [2.24, 2.45) is 0 Å². The Morgan fingerprint density at radius 2 is 1.73 bits per heavy atom. The lowest BCUT2D eigenvalue weighted by atomic mass is 10.1. The molecule has 1 amide bonds. The maximum Gasteiger partial charge on any atom is 0.256 e. The van der Waals surface area contributed by atoms with Crippen LogP contribution < -0.4 is 0 Å². The summed E-state index contributed by atoms with van der Waals surface area (Å²) in [5, 5.41) is 0.765.